The van der Waals surface area contributed by atoms with Crippen LogP contribution in [0.2, 0.25) is 0 Å². The number of fused-ring (bicyclic) bond motifs is 3. The van der Waals surface area contributed by atoms with Crippen molar-refractivity contribution in [3.05, 3.63) is 114 Å². The van der Waals surface area contributed by atoms with Gasteiger partial charge in [-0.25, -0.2) is 4.57 Å². The van der Waals surface area contributed by atoms with Crippen LogP contribution < -0.4 is 4.57 Å². The highest BCUT2D eigenvalue weighted by Gasteiger charge is 2.24. The van der Waals surface area contributed by atoms with Gasteiger partial charge >= 0.3 is 0 Å². The van der Waals surface area contributed by atoms with Crippen molar-refractivity contribution in [2.75, 3.05) is 0 Å². The number of nitrogens with zero attached hydrogens (tertiary/aromatic N) is 1. The lowest BCUT2D eigenvalue weighted by molar-refractivity contribution is -0.660. The third kappa shape index (κ3) is 4.34. The predicted octanol–water partition coefficient (Wildman–Crippen LogP) is 9.97. The van der Waals surface area contributed by atoms with E-state index in [0.717, 1.165) is 33.2 Å². The normalized spacial score (nSPS) is 11.8. The van der Waals surface area contributed by atoms with E-state index in [4.69, 9.17) is 4.42 Å². The summed E-state index contributed by atoms with van der Waals surface area (Å²) in [5.41, 5.74) is 13.3. The molecule has 6 rings (SSSR count). The smallest absolute Gasteiger partial charge is 0.216 e. The summed E-state index contributed by atoms with van der Waals surface area (Å²) >= 11 is 0. The summed E-state index contributed by atoms with van der Waals surface area (Å²) in [5, 5.41) is 2.32. The minimum atomic E-state index is 0.388. The van der Waals surface area contributed by atoms with E-state index in [0.29, 0.717) is 11.8 Å². The van der Waals surface area contributed by atoms with Crippen LogP contribution in [0.4, 0.5) is 0 Å². The van der Waals surface area contributed by atoms with Crippen molar-refractivity contribution >= 4 is 21.9 Å². The fraction of sp³-hybridized carbons (Fsp3) is 0.216. The Kier molecular flexibility index (Phi) is 6.35. The summed E-state index contributed by atoms with van der Waals surface area (Å²) in [5.74, 6) is 0.776. The molecule has 0 fully saturated rings. The van der Waals surface area contributed by atoms with Crippen LogP contribution in [0.1, 0.15) is 56.2 Å². The monoisotopic (exact) mass is 510 g/mol. The lowest BCUT2D eigenvalue weighted by atomic mass is 9.82. The molecule has 2 heterocycles. The van der Waals surface area contributed by atoms with Gasteiger partial charge in [0.05, 0.1) is 5.56 Å². The largest absolute Gasteiger partial charge is 0.455 e. The lowest BCUT2D eigenvalue weighted by Crippen LogP contribution is -2.30. The fourth-order valence-corrected chi connectivity index (χ4v) is 5.91. The number of hydrogen-bond acceptors (Lipinski definition) is 1. The molecule has 0 N–H and O–H groups in total. The molecule has 0 amide bonds. The zero-order chi connectivity index (χ0) is 27.3. The topological polar surface area (TPSA) is 17.0 Å². The Bertz CT molecular complexity index is 1790. The molecule has 2 heteroatoms. The van der Waals surface area contributed by atoms with Crippen molar-refractivity contribution in [3.63, 3.8) is 0 Å². The van der Waals surface area contributed by atoms with Crippen LogP contribution in [0.5, 0.6) is 0 Å². The lowest BCUT2D eigenvalue weighted by Gasteiger charge is -2.22. The summed E-state index contributed by atoms with van der Waals surface area (Å²) in [4.78, 5) is 0. The number of rotatable bonds is 5. The fourth-order valence-electron chi connectivity index (χ4n) is 5.91. The maximum atomic E-state index is 6.49. The Morgan fingerprint density at radius 3 is 1.97 bits per heavy atom. The average Bonchev–Trinajstić information content (AvgIpc) is 3.32. The molecule has 194 valence electrons. The van der Waals surface area contributed by atoms with E-state index < -0.39 is 0 Å². The number of aryl methyl sites for hydroxylation is 2. The first-order valence-electron chi connectivity index (χ1n) is 14.0. The van der Waals surface area contributed by atoms with Gasteiger partial charge in [-0.05, 0) is 63.8 Å². The SMILES string of the molecule is Cc1ccc2c(oc3ccccc32)c1-c1cc(-c2c(C(C)C)cc(-c3ccccc3)cc2C(C)C)cc[n+]1C. The molecule has 0 radical (unpaired) electrons. The summed E-state index contributed by atoms with van der Waals surface area (Å²) in [7, 11) is 2.13. The molecule has 4 aromatic carbocycles. The van der Waals surface area contributed by atoms with Crippen molar-refractivity contribution in [1.82, 2.24) is 0 Å². The number of furan rings is 1. The third-order valence-corrected chi connectivity index (χ3v) is 8.00. The first-order valence-corrected chi connectivity index (χ1v) is 14.0. The van der Waals surface area contributed by atoms with E-state index in [1.165, 1.54) is 38.9 Å². The van der Waals surface area contributed by atoms with Crippen molar-refractivity contribution in [2.45, 2.75) is 46.5 Å². The summed E-state index contributed by atoms with van der Waals surface area (Å²) in [6.07, 6.45) is 2.20. The molecule has 0 unspecified atom stereocenters. The summed E-state index contributed by atoms with van der Waals surface area (Å²) in [6.45, 7) is 11.4. The van der Waals surface area contributed by atoms with Crippen molar-refractivity contribution in [2.24, 2.45) is 7.05 Å². The van der Waals surface area contributed by atoms with Gasteiger partial charge in [0.15, 0.2) is 6.20 Å². The van der Waals surface area contributed by atoms with Gasteiger partial charge in [0, 0.05) is 22.9 Å². The van der Waals surface area contributed by atoms with E-state index >= 15 is 0 Å². The van der Waals surface area contributed by atoms with Crippen LogP contribution in [-0.2, 0) is 7.05 Å². The Hall–Kier alpha value is -4.17. The van der Waals surface area contributed by atoms with Gasteiger partial charge in [0.25, 0.3) is 0 Å². The van der Waals surface area contributed by atoms with Crippen LogP contribution in [0, 0.1) is 6.92 Å². The number of benzene rings is 4. The van der Waals surface area contributed by atoms with Crippen LogP contribution in [0.15, 0.2) is 102 Å². The van der Waals surface area contributed by atoms with Crippen LogP contribution in [-0.4, -0.2) is 0 Å². The molecular formula is C37H36NO+. The highest BCUT2D eigenvalue weighted by molar-refractivity contribution is 6.09. The Morgan fingerprint density at radius 1 is 0.615 bits per heavy atom. The number of hydrogen-bond donors (Lipinski definition) is 0. The molecule has 0 saturated carbocycles. The van der Waals surface area contributed by atoms with E-state index in [1.807, 2.05) is 6.07 Å². The molecule has 6 aromatic rings. The third-order valence-electron chi connectivity index (χ3n) is 8.00. The molecule has 2 nitrogen and oxygen atoms in total. The highest BCUT2D eigenvalue weighted by Crippen LogP contribution is 2.42. The zero-order valence-electron chi connectivity index (χ0n) is 23.7. The van der Waals surface area contributed by atoms with Crippen LogP contribution in [0.3, 0.4) is 0 Å². The van der Waals surface area contributed by atoms with Gasteiger partial charge in [-0.15, -0.1) is 0 Å². The predicted molar refractivity (Wildman–Crippen MR) is 164 cm³/mol. The van der Waals surface area contributed by atoms with E-state index in [-0.39, 0.29) is 0 Å². The van der Waals surface area contributed by atoms with Gasteiger partial charge in [0.2, 0.25) is 5.69 Å². The Labute approximate surface area is 231 Å². The molecule has 0 atom stereocenters. The number of para-hydroxylation sites is 1. The number of aromatic nitrogens is 1. The molecular weight excluding hydrogens is 474 g/mol. The van der Waals surface area contributed by atoms with Gasteiger partial charge in [0.1, 0.15) is 18.2 Å². The molecule has 0 spiro atoms. The molecule has 0 aliphatic rings. The number of pyridine rings is 1. The second-order valence-corrected chi connectivity index (χ2v) is 11.3. The van der Waals surface area contributed by atoms with Crippen LogP contribution >= 0.6 is 0 Å². The standard InChI is InChI=1S/C37H36NO/c1-23(2)31-20-28(26-12-8-7-9-13-26)21-32(24(3)4)36(31)27-18-19-38(6)33(22-27)35-25(5)16-17-30-29-14-10-11-15-34(29)39-37(30)35/h7-24H,1-6H3/q+1. The minimum absolute atomic E-state index is 0.388. The molecule has 2 aromatic heterocycles. The quantitative estimate of drug-likeness (QED) is 0.211. The van der Waals surface area contributed by atoms with Crippen molar-refractivity contribution in [3.8, 4) is 33.5 Å². The molecule has 0 aliphatic carbocycles. The average molecular weight is 511 g/mol. The molecule has 0 aliphatic heterocycles. The second kappa shape index (κ2) is 9.85. The molecule has 0 saturated heterocycles. The van der Waals surface area contributed by atoms with E-state index in [2.05, 4.69) is 137 Å². The van der Waals surface area contributed by atoms with Gasteiger partial charge in [-0.2, -0.15) is 0 Å². The minimum Gasteiger partial charge on any atom is -0.455 e. The second-order valence-electron chi connectivity index (χ2n) is 11.3. The van der Waals surface area contributed by atoms with Crippen LogP contribution in [0.25, 0.3) is 55.4 Å². The summed E-state index contributed by atoms with van der Waals surface area (Å²) in [6, 6.07) is 32.9. The summed E-state index contributed by atoms with van der Waals surface area (Å²) < 4.78 is 8.72. The highest BCUT2D eigenvalue weighted by atomic mass is 16.3. The maximum Gasteiger partial charge on any atom is 0.216 e. The van der Waals surface area contributed by atoms with Gasteiger partial charge in [-0.1, -0.05) is 100 Å². The van der Waals surface area contributed by atoms with E-state index in [1.54, 1.807) is 0 Å². The maximum absolute atomic E-state index is 6.49. The van der Waals surface area contributed by atoms with Crippen molar-refractivity contribution < 1.29 is 8.98 Å². The van der Waals surface area contributed by atoms with Crippen molar-refractivity contribution in [1.29, 1.82) is 0 Å². The molecule has 39 heavy (non-hydrogen) atoms. The van der Waals surface area contributed by atoms with Gasteiger partial charge in [-0.3, -0.25) is 0 Å². The Balaban J connectivity index is 1.61. The first-order chi connectivity index (χ1) is 18.8. The zero-order valence-corrected chi connectivity index (χ0v) is 23.7. The van der Waals surface area contributed by atoms with E-state index in [9.17, 15) is 0 Å². The Morgan fingerprint density at radius 2 is 1.28 bits per heavy atom. The first kappa shape index (κ1) is 25.1. The molecule has 0 bridgehead atoms. The van der Waals surface area contributed by atoms with Gasteiger partial charge < -0.3 is 4.42 Å².